The quantitative estimate of drug-likeness (QED) is 0.758. The first-order valence-electron chi connectivity index (χ1n) is 6.76. The van der Waals surface area contributed by atoms with Gasteiger partial charge >= 0.3 is 5.97 Å². The monoisotopic (exact) mass is 265 g/mol. The van der Waals surface area contributed by atoms with Crippen molar-refractivity contribution in [2.24, 2.45) is 0 Å². The fourth-order valence-electron chi connectivity index (χ4n) is 2.23. The van der Waals surface area contributed by atoms with Crippen LogP contribution in [0.15, 0.2) is 24.3 Å². The Morgan fingerprint density at radius 3 is 2.47 bits per heavy atom. The molecular weight excluding hydrogens is 242 g/mol. The van der Waals surface area contributed by atoms with Gasteiger partial charge in [-0.15, -0.1) is 0 Å². The molecule has 0 bridgehead atoms. The van der Waals surface area contributed by atoms with Crippen molar-refractivity contribution in [3.8, 4) is 5.75 Å². The van der Waals surface area contributed by atoms with Crippen LogP contribution >= 0.6 is 0 Å². The van der Waals surface area contributed by atoms with Gasteiger partial charge in [0.1, 0.15) is 5.75 Å². The molecule has 0 unspecified atom stereocenters. The van der Waals surface area contributed by atoms with Crippen LogP contribution in [0, 0.1) is 0 Å². The fourth-order valence-corrected chi connectivity index (χ4v) is 2.23. The van der Waals surface area contributed by atoms with E-state index in [0.717, 1.165) is 19.5 Å². The lowest BCUT2D eigenvalue weighted by Crippen LogP contribution is -2.35. The summed E-state index contributed by atoms with van der Waals surface area (Å²) in [4.78, 5) is 12.8. The average Bonchev–Trinajstić information content (AvgIpc) is 2.37. The van der Waals surface area contributed by atoms with Gasteiger partial charge in [-0.2, -0.15) is 0 Å². The molecule has 1 atom stereocenters. The Kier molecular flexibility index (Phi) is 6.36. The van der Waals surface area contributed by atoms with Crippen molar-refractivity contribution in [3.63, 3.8) is 0 Å². The summed E-state index contributed by atoms with van der Waals surface area (Å²) in [5.74, 6) is -0.451. The number of aliphatic carboxylic acids is 1. The van der Waals surface area contributed by atoms with Crippen molar-refractivity contribution >= 4 is 5.97 Å². The fraction of sp³-hybridized carbons (Fsp3) is 0.533. The molecule has 0 radical (unpaired) electrons. The Morgan fingerprint density at radius 1 is 1.32 bits per heavy atom. The van der Waals surface area contributed by atoms with Gasteiger partial charge in [0, 0.05) is 12.5 Å². The molecule has 4 nitrogen and oxygen atoms in total. The van der Waals surface area contributed by atoms with Crippen LogP contribution in [-0.4, -0.2) is 40.2 Å². The summed E-state index contributed by atoms with van der Waals surface area (Å²) in [5, 5.41) is 17.9. The van der Waals surface area contributed by atoms with Gasteiger partial charge in [-0.3, -0.25) is 4.79 Å². The predicted molar refractivity (Wildman–Crippen MR) is 75.4 cm³/mol. The molecule has 0 heterocycles. The standard InChI is InChI=1S/C15H23NO3/c1-3-16(10-4-5-15(18)19)12(2)11-13-6-8-14(17)9-7-13/h6-9,12,17H,3-5,10-11H2,1-2H3,(H,18,19)/t12-/m1/s1. The molecule has 0 amide bonds. The van der Waals surface area contributed by atoms with Crippen LogP contribution in [0.4, 0.5) is 0 Å². The third kappa shape index (κ3) is 5.75. The van der Waals surface area contributed by atoms with Gasteiger partial charge < -0.3 is 15.1 Å². The van der Waals surface area contributed by atoms with Crippen LogP contribution in [0.1, 0.15) is 32.3 Å². The lowest BCUT2D eigenvalue weighted by atomic mass is 10.1. The first-order valence-corrected chi connectivity index (χ1v) is 6.76. The van der Waals surface area contributed by atoms with E-state index in [1.807, 2.05) is 12.1 Å². The van der Waals surface area contributed by atoms with Gasteiger partial charge in [0.05, 0.1) is 0 Å². The summed E-state index contributed by atoms with van der Waals surface area (Å²) in [7, 11) is 0. The van der Waals surface area contributed by atoms with E-state index in [1.54, 1.807) is 12.1 Å². The zero-order valence-corrected chi connectivity index (χ0v) is 11.7. The Balaban J connectivity index is 2.46. The lowest BCUT2D eigenvalue weighted by Gasteiger charge is -2.27. The number of phenols is 1. The van der Waals surface area contributed by atoms with Crippen molar-refractivity contribution in [2.75, 3.05) is 13.1 Å². The highest BCUT2D eigenvalue weighted by atomic mass is 16.4. The molecule has 1 rings (SSSR count). The summed E-state index contributed by atoms with van der Waals surface area (Å²) < 4.78 is 0. The van der Waals surface area contributed by atoms with Crippen LogP contribution in [0.25, 0.3) is 0 Å². The summed E-state index contributed by atoms with van der Waals surface area (Å²) in [6, 6.07) is 7.61. The molecule has 4 heteroatoms. The molecule has 0 aliphatic heterocycles. The highest BCUT2D eigenvalue weighted by Crippen LogP contribution is 2.14. The van der Waals surface area contributed by atoms with Gasteiger partial charge in [-0.25, -0.2) is 0 Å². The van der Waals surface area contributed by atoms with E-state index in [0.29, 0.717) is 12.5 Å². The maximum Gasteiger partial charge on any atom is 0.303 e. The maximum absolute atomic E-state index is 10.5. The number of hydrogen-bond donors (Lipinski definition) is 2. The number of nitrogens with zero attached hydrogens (tertiary/aromatic N) is 1. The normalized spacial score (nSPS) is 12.6. The zero-order chi connectivity index (χ0) is 14.3. The molecule has 0 fully saturated rings. The Hall–Kier alpha value is -1.55. The molecule has 1 aromatic rings. The molecule has 0 saturated heterocycles. The first-order chi connectivity index (χ1) is 9.02. The third-order valence-electron chi connectivity index (χ3n) is 3.33. The minimum atomic E-state index is -0.734. The van der Waals surface area contributed by atoms with Crippen LogP contribution in [0.5, 0.6) is 5.75 Å². The van der Waals surface area contributed by atoms with Gasteiger partial charge in [-0.05, 0) is 50.6 Å². The minimum absolute atomic E-state index is 0.225. The molecule has 19 heavy (non-hydrogen) atoms. The number of hydrogen-bond acceptors (Lipinski definition) is 3. The van der Waals surface area contributed by atoms with E-state index < -0.39 is 5.97 Å². The second-order valence-electron chi connectivity index (χ2n) is 4.85. The van der Waals surface area contributed by atoms with Crippen molar-refractivity contribution in [1.29, 1.82) is 0 Å². The van der Waals surface area contributed by atoms with Gasteiger partial charge in [0.25, 0.3) is 0 Å². The summed E-state index contributed by atoms with van der Waals surface area (Å²) in [5.41, 5.74) is 1.18. The van der Waals surface area contributed by atoms with E-state index in [9.17, 15) is 9.90 Å². The predicted octanol–water partition coefficient (Wildman–Crippen LogP) is 2.51. The van der Waals surface area contributed by atoms with Crippen LogP contribution < -0.4 is 0 Å². The van der Waals surface area contributed by atoms with Crippen molar-refractivity contribution in [2.45, 2.75) is 39.2 Å². The number of carboxylic acid groups (broad SMARTS) is 1. The van der Waals surface area contributed by atoms with E-state index in [2.05, 4.69) is 18.7 Å². The molecule has 0 aliphatic carbocycles. The van der Waals surface area contributed by atoms with Crippen LogP contribution in [0.2, 0.25) is 0 Å². The van der Waals surface area contributed by atoms with Crippen LogP contribution in [0.3, 0.4) is 0 Å². The second kappa shape index (κ2) is 7.79. The van der Waals surface area contributed by atoms with Crippen molar-refractivity contribution in [1.82, 2.24) is 4.90 Å². The largest absolute Gasteiger partial charge is 0.508 e. The smallest absolute Gasteiger partial charge is 0.303 e. The Labute approximate surface area is 114 Å². The van der Waals surface area contributed by atoms with E-state index >= 15 is 0 Å². The summed E-state index contributed by atoms with van der Waals surface area (Å²) >= 11 is 0. The second-order valence-corrected chi connectivity index (χ2v) is 4.85. The minimum Gasteiger partial charge on any atom is -0.508 e. The molecule has 0 spiro atoms. The van der Waals surface area contributed by atoms with E-state index in [4.69, 9.17) is 5.11 Å². The Morgan fingerprint density at radius 2 is 1.95 bits per heavy atom. The topological polar surface area (TPSA) is 60.8 Å². The molecular formula is C15H23NO3. The molecule has 0 aliphatic rings. The van der Waals surface area contributed by atoms with Crippen LogP contribution in [-0.2, 0) is 11.2 Å². The van der Waals surface area contributed by atoms with Gasteiger partial charge in [0.2, 0.25) is 0 Å². The lowest BCUT2D eigenvalue weighted by molar-refractivity contribution is -0.137. The SMILES string of the molecule is CCN(CCCC(=O)O)[C@H](C)Cc1ccc(O)cc1. The van der Waals surface area contributed by atoms with E-state index in [1.165, 1.54) is 5.56 Å². The zero-order valence-electron chi connectivity index (χ0n) is 11.7. The molecule has 106 valence electrons. The number of rotatable bonds is 8. The summed E-state index contributed by atoms with van der Waals surface area (Å²) in [6.45, 7) is 5.96. The number of phenolic OH excluding ortho intramolecular Hbond substituents is 1. The number of carbonyl (C=O) groups is 1. The molecule has 1 aromatic carbocycles. The highest BCUT2D eigenvalue weighted by Gasteiger charge is 2.12. The summed E-state index contributed by atoms with van der Waals surface area (Å²) in [6.07, 6.45) is 1.81. The third-order valence-corrected chi connectivity index (χ3v) is 3.33. The molecule has 2 N–H and O–H groups in total. The van der Waals surface area contributed by atoms with Crippen molar-refractivity contribution in [3.05, 3.63) is 29.8 Å². The molecule has 0 saturated carbocycles. The number of aromatic hydroxyl groups is 1. The van der Waals surface area contributed by atoms with Crippen molar-refractivity contribution < 1.29 is 15.0 Å². The Bertz CT molecular complexity index is 389. The van der Waals surface area contributed by atoms with E-state index in [-0.39, 0.29) is 12.2 Å². The molecule has 0 aromatic heterocycles. The number of carboxylic acids is 1. The maximum atomic E-state index is 10.5. The van der Waals surface area contributed by atoms with Gasteiger partial charge in [-0.1, -0.05) is 19.1 Å². The highest BCUT2D eigenvalue weighted by molar-refractivity contribution is 5.66. The number of likely N-dealkylation sites (N-methyl/N-ethyl adjacent to an activating group) is 1. The number of benzene rings is 1. The van der Waals surface area contributed by atoms with Gasteiger partial charge in [0.15, 0.2) is 0 Å². The first kappa shape index (κ1) is 15.5. The average molecular weight is 265 g/mol.